The number of hydrogen-bond donors (Lipinski definition) is 0. The molecule has 0 saturated heterocycles. The molecule has 0 heterocycles. The van der Waals surface area contributed by atoms with Crippen molar-refractivity contribution >= 4 is 17.9 Å². The van der Waals surface area contributed by atoms with Crippen molar-refractivity contribution in [2.24, 2.45) is 0 Å². The highest BCUT2D eigenvalue weighted by Crippen LogP contribution is 2.15. The zero-order valence-corrected chi connectivity index (χ0v) is 38.3. The summed E-state index contributed by atoms with van der Waals surface area (Å²) in [5.74, 6) is -0.929. The van der Waals surface area contributed by atoms with Gasteiger partial charge in [-0.15, -0.1) is 0 Å². The van der Waals surface area contributed by atoms with E-state index in [4.69, 9.17) is 14.2 Å². The highest BCUT2D eigenvalue weighted by atomic mass is 16.6. The van der Waals surface area contributed by atoms with E-state index < -0.39 is 6.10 Å². The van der Waals surface area contributed by atoms with Crippen LogP contribution >= 0.6 is 0 Å². The molecule has 0 spiro atoms. The van der Waals surface area contributed by atoms with Crippen LogP contribution in [0.25, 0.3) is 0 Å². The van der Waals surface area contributed by atoms with Gasteiger partial charge in [0.15, 0.2) is 6.10 Å². The van der Waals surface area contributed by atoms with Gasteiger partial charge in [0.05, 0.1) is 0 Å². The highest BCUT2D eigenvalue weighted by Gasteiger charge is 2.19. The van der Waals surface area contributed by atoms with E-state index in [1.807, 2.05) is 0 Å². The smallest absolute Gasteiger partial charge is 0.306 e. The van der Waals surface area contributed by atoms with E-state index in [1.165, 1.54) is 135 Å². The topological polar surface area (TPSA) is 78.9 Å². The molecule has 0 N–H and O–H groups in total. The van der Waals surface area contributed by atoms with Crippen LogP contribution in [0.4, 0.5) is 0 Å². The molecule has 6 nitrogen and oxygen atoms in total. The molecule has 0 saturated carbocycles. The van der Waals surface area contributed by atoms with Gasteiger partial charge in [0.1, 0.15) is 13.2 Å². The second-order valence-corrected chi connectivity index (χ2v) is 16.4. The predicted octanol–water partition coefficient (Wildman–Crippen LogP) is 15.9. The monoisotopic (exact) mass is 813 g/mol. The Morgan fingerprint density at radius 1 is 0.362 bits per heavy atom. The molecule has 0 aromatic heterocycles. The van der Waals surface area contributed by atoms with Crippen molar-refractivity contribution in [3.8, 4) is 0 Å². The van der Waals surface area contributed by atoms with Gasteiger partial charge in [0.2, 0.25) is 0 Å². The maximum Gasteiger partial charge on any atom is 0.306 e. The van der Waals surface area contributed by atoms with Gasteiger partial charge in [0, 0.05) is 19.3 Å². The number of unbranched alkanes of at least 4 members (excludes halogenated alkanes) is 27. The third-order valence-corrected chi connectivity index (χ3v) is 10.6. The van der Waals surface area contributed by atoms with Crippen LogP contribution in [0.2, 0.25) is 0 Å². The minimum atomic E-state index is -0.786. The number of hydrogen-bond acceptors (Lipinski definition) is 6. The summed E-state index contributed by atoms with van der Waals surface area (Å²) in [6, 6.07) is 0. The Morgan fingerprint density at radius 3 is 1.17 bits per heavy atom. The lowest BCUT2D eigenvalue weighted by Crippen LogP contribution is -2.30. The molecule has 0 bridgehead atoms. The fraction of sp³-hybridized carbons (Fsp3) is 0.788. The van der Waals surface area contributed by atoms with Crippen molar-refractivity contribution in [3.05, 3.63) is 48.6 Å². The normalized spacial score (nSPS) is 12.4. The zero-order valence-electron chi connectivity index (χ0n) is 38.3. The molecule has 0 aromatic carbocycles. The fourth-order valence-electron chi connectivity index (χ4n) is 6.92. The lowest BCUT2D eigenvalue weighted by Gasteiger charge is -2.18. The van der Waals surface area contributed by atoms with Crippen LogP contribution in [0.15, 0.2) is 48.6 Å². The Bertz CT molecular complexity index is 1030. The maximum atomic E-state index is 12.7. The minimum Gasteiger partial charge on any atom is -0.462 e. The first-order valence-electron chi connectivity index (χ1n) is 24.7. The largest absolute Gasteiger partial charge is 0.462 e. The van der Waals surface area contributed by atoms with Gasteiger partial charge in [-0.05, 0) is 57.8 Å². The minimum absolute atomic E-state index is 0.0845. The van der Waals surface area contributed by atoms with Crippen LogP contribution in [-0.2, 0) is 28.6 Å². The number of carbonyl (C=O) groups excluding carboxylic acids is 3. The van der Waals surface area contributed by atoms with Crippen molar-refractivity contribution in [1.29, 1.82) is 0 Å². The molecule has 1 unspecified atom stereocenters. The SMILES string of the molecule is CC\C=C/C=C\C=C/CCCCCCCCCC(=O)OC(COC(=O)CCC/C=C\CCCCCC)COC(=O)CCCCCCCCCCCCCCCCCC. The molecule has 6 heteroatoms. The predicted molar refractivity (Wildman–Crippen MR) is 247 cm³/mol. The Kier molecular flexibility index (Phi) is 44.9. The third-order valence-electron chi connectivity index (χ3n) is 10.6. The van der Waals surface area contributed by atoms with E-state index in [2.05, 4.69) is 69.4 Å². The number of carbonyl (C=O) groups is 3. The molecule has 0 aliphatic carbocycles. The molecule has 336 valence electrons. The summed E-state index contributed by atoms with van der Waals surface area (Å²) in [5, 5.41) is 0. The summed E-state index contributed by atoms with van der Waals surface area (Å²) >= 11 is 0. The molecule has 0 aromatic rings. The lowest BCUT2D eigenvalue weighted by atomic mass is 10.0. The Hall–Kier alpha value is -2.63. The summed E-state index contributed by atoms with van der Waals surface area (Å²) in [7, 11) is 0. The highest BCUT2D eigenvalue weighted by molar-refractivity contribution is 5.71. The number of allylic oxidation sites excluding steroid dienone is 8. The van der Waals surface area contributed by atoms with Crippen LogP contribution in [0.5, 0.6) is 0 Å². The molecule has 1 atom stereocenters. The fourth-order valence-corrected chi connectivity index (χ4v) is 6.92. The van der Waals surface area contributed by atoms with Gasteiger partial charge in [-0.1, -0.05) is 217 Å². The molecule has 0 radical (unpaired) electrons. The number of esters is 3. The van der Waals surface area contributed by atoms with Crippen molar-refractivity contribution < 1.29 is 28.6 Å². The first-order chi connectivity index (χ1) is 28.5. The summed E-state index contributed by atoms with van der Waals surface area (Å²) in [5.41, 5.74) is 0. The van der Waals surface area contributed by atoms with Crippen LogP contribution in [-0.4, -0.2) is 37.2 Å². The van der Waals surface area contributed by atoms with Crippen molar-refractivity contribution in [1.82, 2.24) is 0 Å². The number of rotatable bonds is 44. The first-order valence-corrected chi connectivity index (χ1v) is 24.7. The standard InChI is InChI=1S/C52H92O6/c1-4-7-10-13-16-19-21-23-25-27-28-30-33-36-39-42-45-51(54)57-48-49(47-56-50(53)44-41-38-35-32-18-15-12-9-6-3)58-52(55)46-43-40-37-34-31-29-26-24-22-20-17-14-11-8-5-2/h8,11,14,17,20,22,32,35,49H,4-7,9-10,12-13,15-16,18-19,21,23-31,33-34,36-48H2,1-3H3/b11-8-,17-14-,22-20-,35-32-. The van der Waals surface area contributed by atoms with E-state index in [0.29, 0.717) is 19.3 Å². The van der Waals surface area contributed by atoms with Crippen molar-refractivity contribution in [2.75, 3.05) is 13.2 Å². The molecule has 58 heavy (non-hydrogen) atoms. The van der Waals surface area contributed by atoms with Crippen LogP contribution < -0.4 is 0 Å². The van der Waals surface area contributed by atoms with E-state index in [1.54, 1.807) is 0 Å². The average Bonchev–Trinajstić information content (AvgIpc) is 3.22. The summed E-state index contributed by atoms with van der Waals surface area (Å²) in [6.45, 7) is 6.45. The molecule has 0 fully saturated rings. The van der Waals surface area contributed by atoms with Gasteiger partial charge >= 0.3 is 17.9 Å². The Balaban J connectivity index is 4.34. The molecule has 0 rings (SSSR count). The van der Waals surface area contributed by atoms with Crippen LogP contribution in [0.3, 0.4) is 0 Å². The Labute approximate surface area is 358 Å². The van der Waals surface area contributed by atoms with Crippen LogP contribution in [0, 0.1) is 0 Å². The van der Waals surface area contributed by atoms with E-state index >= 15 is 0 Å². The summed E-state index contributed by atoms with van der Waals surface area (Å²) < 4.78 is 16.7. The molecule has 0 aliphatic rings. The van der Waals surface area contributed by atoms with E-state index in [-0.39, 0.29) is 31.1 Å². The maximum absolute atomic E-state index is 12.7. The molecular formula is C52H92O6. The second-order valence-electron chi connectivity index (χ2n) is 16.4. The summed E-state index contributed by atoms with van der Waals surface area (Å²) in [4.78, 5) is 37.8. The second kappa shape index (κ2) is 47.1. The third kappa shape index (κ3) is 44.5. The first kappa shape index (κ1) is 55.4. The number of ether oxygens (including phenoxy) is 3. The molecule has 0 amide bonds. The quantitative estimate of drug-likeness (QED) is 0.0200. The van der Waals surface area contributed by atoms with Crippen molar-refractivity contribution in [3.63, 3.8) is 0 Å². The zero-order chi connectivity index (χ0) is 42.3. The van der Waals surface area contributed by atoms with Gasteiger partial charge in [0.25, 0.3) is 0 Å². The Morgan fingerprint density at radius 2 is 0.707 bits per heavy atom. The van der Waals surface area contributed by atoms with E-state index in [9.17, 15) is 14.4 Å². The van der Waals surface area contributed by atoms with Gasteiger partial charge in [-0.25, -0.2) is 0 Å². The summed E-state index contributed by atoms with van der Waals surface area (Å²) in [6.07, 6.45) is 55.3. The van der Waals surface area contributed by atoms with Gasteiger partial charge in [-0.3, -0.25) is 14.4 Å². The lowest BCUT2D eigenvalue weighted by molar-refractivity contribution is -0.167. The molecular weight excluding hydrogens is 721 g/mol. The average molecular weight is 813 g/mol. The van der Waals surface area contributed by atoms with E-state index in [0.717, 1.165) is 70.6 Å². The van der Waals surface area contributed by atoms with Crippen molar-refractivity contribution in [2.45, 2.75) is 252 Å². The van der Waals surface area contributed by atoms with Crippen LogP contribution in [0.1, 0.15) is 245 Å². The van der Waals surface area contributed by atoms with Gasteiger partial charge in [-0.2, -0.15) is 0 Å². The molecule has 0 aliphatic heterocycles. The van der Waals surface area contributed by atoms with Gasteiger partial charge < -0.3 is 14.2 Å².